The number of hydrogen-bond donors (Lipinski definition) is 1. The average Bonchev–Trinajstić information content (AvgIpc) is 2.46. The van der Waals surface area contributed by atoms with Crippen LogP contribution in [0.1, 0.15) is 12.8 Å². The van der Waals surface area contributed by atoms with E-state index in [2.05, 4.69) is 9.80 Å². The first-order chi connectivity index (χ1) is 9.19. The van der Waals surface area contributed by atoms with Crippen LogP contribution in [0.5, 0.6) is 0 Å². The van der Waals surface area contributed by atoms with Crippen LogP contribution in [0.25, 0.3) is 0 Å². The molecule has 2 saturated heterocycles. The maximum absolute atomic E-state index is 11.4. The van der Waals surface area contributed by atoms with E-state index in [-0.39, 0.29) is 11.9 Å². The first-order valence-corrected chi connectivity index (χ1v) is 7.21. The molecule has 19 heavy (non-hydrogen) atoms. The molecule has 2 N–H and O–H groups in total. The molecule has 2 fully saturated rings. The first-order valence-electron chi connectivity index (χ1n) is 7.21. The Morgan fingerprint density at radius 3 is 2.11 bits per heavy atom. The minimum atomic E-state index is -0.0429. The smallest absolute Gasteiger partial charge is 0.308 e. The quantitative estimate of drug-likeness (QED) is 0.542. The summed E-state index contributed by atoms with van der Waals surface area (Å²) in [7, 11) is 1.48. The van der Waals surface area contributed by atoms with E-state index < -0.39 is 0 Å². The largest absolute Gasteiger partial charge is 0.469 e. The summed E-state index contributed by atoms with van der Waals surface area (Å²) in [5, 5.41) is 1.89. The number of methoxy groups -OCH3 is 1. The zero-order valence-corrected chi connectivity index (χ0v) is 11.9. The molecular weight excluding hydrogens is 244 g/mol. The molecule has 0 spiro atoms. The van der Waals surface area contributed by atoms with E-state index in [0.29, 0.717) is 0 Å². The Hall–Kier alpha value is -0.690. The zero-order valence-electron chi connectivity index (χ0n) is 11.9. The third kappa shape index (κ3) is 4.42. The van der Waals surface area contributed by atoms with Crippen molar-refractivity contribution in [3.05, 3.63) is 0 Å². The van der Waals surface area contributed by atoms with Crippen molar-refractivity contribution in [1.82, 2.24) is 14.8 Å². The van der Waals surface area contributed by atoms with Crippen molar-refractivity contribution in [2.24, 2.45) is 11.8 Å². The zero-order chi connectivity index (χ0) is 13.7. The Bertz CT molecular complexity index is 284. The highest BCUT2D eigenvalue weighted by Crippen LogP contribution is 2.18. The average molecular weight is 270 g/mol. The summed E-state index contributed by atoms with van der Waals surface area (Å²) in [4.78, 5) is 16.4. The molecule has 6 nitrogen and oxygen atoms in total. The fraction of sp³-hybridized carbons (Fsp3) is 0.923. The Balaban J connectivity index is 1.62. The molecule has 0 radical (unpaired) electrons. The summed E-state index contributed by atoms with van der Waals surface area (Å²) in [6.07, 6.45) is 1.87. The molecule has 0 amide bonds. The fourth-order valence-electron chi connectivity index (χ4n) is 2.83. The molecule has 0 aromatic rings. The van der Waals surface area contributed by atoms with Gasteiger partial charge in [0.1, 0.15) is 0 Å². The normalized spacial score (nSPS) is 24.5. The van der Waals surface area contributed by atoms with Gasteiger partial charge in [0.2, 0.25) is 0 Å². The lowest BCUT2D eigenvalue weighted by Crippen LogP contribution is -2.51. The van der Waals surface area contributed by atoms with Crippen LogP contribution in [0.2, 0.25) is 0 Å². The van der Waals surface area contributed by atoms with E-state index in [0.717, 1.165) is 65.2 Å². The molecule has 2 rings (SSSR count). The minimum absolute atomic E-state index is 0.0429. The van der Waals surface area contributed by atoms with Gasteiger partial charge in [0.25, 0.3) is 0 Å². The molecule has 6 heteroatoms. The van der Waals surface area contributed by atoms with Gasteiger partial charge in [0.15, 0.2) is 0 Å². The van der Waals surface area contributed by atoms with Gasteiger partial charge in [-0.2, -0.15) is 0 Å². The molecule has 0 bridgehead atoms. The summed E-state index contributed by atoms with van der Waals surface area (Å²) in [6.45, 7) is 8.28. The molecule has 0 atom stereocenters. The lowest BCUT2D eigenvalue weighted by Gasteiger charge is -2.35. The van der Waals surface area contributed by atoms with Crippen LogP contribution < -0.4 is 5.84 Å². The van der Waals surface area contributed by atoms with Crippen LogP contribution in [-0.4, -0.2) is 80.2 Å². The topological polar surface area (TPSA) is 62.0 Å². The van der Waals surface area contributed by atoms with Crippen LogP contribution >= 0.6 is 0 Å². The summed E-state index contributed by atoms with van der Waals surface area (Å²) in [5.41, 5.74) is 0. The second kappa shape index (κ2) is 7.19. The van der Waals surface area contributed by atoms with E-state index in [9.17, 15) is 4.79 Å². The fourth-order valence-corrected chi connectivity index (χ4v) is 2.83. The van der Waals surface area contributed by atoms with E-state index in [1.807, 2.05) is 5.01 Å². The number of nitrogens with zero attached hydrogens (tertiary/aromatic N) is 3. The molecule has 110 valence electrons. The van der Waals surface area contributed by atoms with Crippen molar-refractivity contribution in [1.29, 1.82) is 0 Å². The highest BCUT2D eigenvalue weighted by atomic mass is 16.5. The van der Waals surface area contributed by atoms with Crippen molar-refractivity contribution in [2.75, 3.05) is 59.5 Å². The first kappa shape index (κ1) is 14.7. The number of hydrazine groups is 1. The second-order valence-corrected chi connectivity index (χ2v) is 5.52. The summed E-state index contributed by atoms with van der Waals surface area (Å²) in [5.74, 6) is 5.82. The van der Waals surface area contributed by atoms with Crippen LogP contribution in [0.4, 0.5) is 0 Å². The van der Waals surface area contributed by atoms with Crippen LogP contribution in [-0.2, 0) is 9.53 Å². The van der Waals surface area contributed by atoms with Gasteiger partial charge in [-0.3, -0.25) is 15.5 Å². The van der Waals surface area contributed by atoms with Crippen molar-refractivity contribution in [3.8, 4) is 0 Å². The number of carbonyl (C=O) groups is 1. The molecule has 2 heterocycles. The number of piperidine rings is 1. The molecule has 2 aliphatic heterocycles. The van der Waals surface area contributed by atoms with Crippen molar-refractivity contribution < 1.29 is 9.53 Å². The van der Waals surface area contributed by atoms with E-state index >= 15 is 0 Å². The SMILES string of the molecule is COC(=O)C1CCN(CCN2CCN(N)CC2)CC1. The van der Waals surface area contributed by atoms with Gasteiger partial charge in [0.05, 0.1) is 13.0 Å². The Morgan fingerprint density at radius 2 is 1.58 bits per heavy atom. The lowest BCUT2D eigenvalue weighted by molar-refractivity contribution is -0.147. The predicted octanol–water partition coefficient (Wildman–Crippen LogP) is -0.637. The monoisotopic (exact) mass is 270 g/mol. The number of rotatable bonds is 4. The molecule has 0 aromatic heterocycles. The third-order valence-electron chi connectivity index (χ3n) is 4.26. The Kier molecular flexibility index (Phi) is 5.57. The van der Waals surface area contributed by atoms with Gasteiger partial charge >= 0.3 is 5.97 Å². The van der Waals surface area contributed by atoms with Gasteiger partial charge in [0, 0.05) is 39.3 Å². The van der Waals surface area contributed by atoms with E-state index in [1.165, 1.54) is 7.11 Å². The van der Waals surface area contributed by atoms with Crippen molar-refractivity contribution in [2.45, 2.75) is 12.8 Å². The predicted molar refractivity (Wildman–Crippen MR) is 73.4 cm³/mol. The molecule has 0 saturated carbocycles. The van der Waals surface area contributed by atoms with Crippen LogP contribution in [0, 0.1) is 5.92 Å². The number of carbonyl (C=O) groups excluding carboxylic acids is 1. The summed E-state index contributed by atoms with van der Waals surface area (Å²) in [6, 6.07) is 0. The minimum Gasteiger partial charge on any atom is -0.469 e. The number of hydrogen-bond acceptors (Lipinski definition) is 6. The molecule has 0 aliphatic carbocycles. The number of esters is 1. The number of ether oxygens (including phenoxy) is 1. The second-order valence-electron chi connectivity index (χ2n) is 5.52. The lowest BCUT2D eigenvalue weighted by atomic mass is 9.97. The van der Waals surface area contributed by atoms with Gasteiger partial charge < -0.3 is 9.64 Å². The van der Waals surface area contributed by atoms with Gasteiger partial charge in [-0.25, -0.2) is 5.01 Å². The summed E-state index contributed by atoms with van der Waals surface area (Å²) >= 11 is 0. The van der Waals surface area contributed by atoms with Gasteiger partial charge in [-0.15, -0.1) is 0 Å². The molecule has 2 aliphatic rings. The molecule has 0 aromatic carbocycles. The maximum Gasteiger partial charge on any atom is 0.308 e. The highest BCUT2D eigenvalue weighted by Gasteiger charge is 2.25. The standard InChI is InChI=1S/C13H26N4O2/c1-19-13(18)12-2-4-15(5-3-12)6-7-16-8-10-17(14)11-9-16/h12H,2-11,14H2,1H3. The van der Waals surface area contributed by atoms with Gasteiger partial charge in [-0.05, 0) is 25.9 Å². The Morgan fingerprint density at radius 1 is 1.05 bits per heavy atom. The van der Waals surface area contributed by atoms with Crippen molar-refractivity contribution in [3.63, 3.8) is 0 Å². The Labute approximate surface area is 115 Å². The van der Waals surface area contributed by atoms with E-state index in [4.69, 9.17) is 10.6 Å². The van der Waals surface area contributed by atoms with Crippen LogP contribution in [0.15, 0.2) is 0 Å². The van der Waals surface area contributed by atoms with Crippen molar-refractivity contribution >= 4 is 5.97 Å². The summed E-state index contributed by atoms with van der Waals surface area (Å²) < 4.78 is 4.81. The number of nitrogens with two attached hydrogens (primary N) is 1. The maximum atomic E-state index is 11.4. The third-order valence-corrected chi connectivity index (χ3v) is 4.26. The number of piperazine rings is 1. The molecule has 0 unspecified atom stereocenters. The van der Waals surface area contributed by atoms with Crippen LogP contribution in [0.3, 0.4) is 0 Å². The van der Waals surface area contributed by atoms with E-state index in [1.54, 1.807) is 0 Å². The molecular formula is C13H26N4O2. The van der Waals surface area contributed by atoms with Gasteiger partial charge in [-0.1, -0.05) is 0 Å². The highest BCUT2D eigenvalue weighted by molar-refractivity contribution is 5.72. The number of likely N-dealkylation sites (tertiary alicyclic amines) is 1.